The zero-order valence-electron chi connectivity index (χ0n) is 9.88. The monoisotopic (exact) mass is 246 g/mol. The molecule has 0 unspecified atom stereocenters. The summed E-state index contributed by atoms with van der Waals surface area (Å²) in [4.78, 5) is 13.1. The first kappa shape index (κ1) is 11.9. The number of carbonyl (C=O) groups excluding carboxylic acids is 1. The van der Waals surface area contributed by atoms with E-state index in [0.29, 0.717) is 6.54 Å². The van der Waals surface area contributed by atoms with Gasteiger partial charge in [-0.1, -0.05) is 12.1 Å². The van der Waals surface area contributed by atoms with E-state index in [1.165, 1.54) is 0 Å². The second-order valence-corrected chi connectivity index (χ2v) is 4.69. The fraction of sp³-hybridized carbons (Fsp3) is 0.231. The van der Waals surface area contributed by atoms with Gasteiger partial charge < -0.3 is 0 Å². The van der Waals surface area contributed by atoms with Crippen molar-refractivity contribution in [3.63, 3.8) is 0 Å². The summed E-state index contributed by atoms with van der Waals surface area (Å²) in [5, 5.41) is 4.20. The van der Waals surface area contributed by atoms with Crippen LogP contribution in [0.2, 0.25) is 0 Å². The maximum absolute atomic E-state index is 12.0. The number of Topliss-reactive ketones (excluding diaryl/α,β-unsaturated/α-hetero) is 1. The minimum Gasteiger partial charge on any atom is -0.292 e. The molecule has 4 heteroatoms. The molecule has 0 radical (unpaired) electrons. The molecule has 1 aromatic heterocycles. The van der Waals surface area contributed by atoms with E-state index in [1.807, 2.05) is 49.7 Å². The molecule has 0 bridgehead atoms. The van der Waals surface area contributed by atoms with E-state index in [1.54, 1.807) is 16.4 Å². The van der Waals surface area contributed by atoms with Gasteiger partial charge in [0.05, 0.1) is 5.69 Å². The highest BCUT2D eigenvalue weighted by Gasteiger charge is 2.07. The van der Waals surface area contributed by atoms with E-state index in [2.05, 4.69) is 5.10 Å². The van der Waals surface area contributed by atoms with Gasteiger partial charge in [-0.15, -0.1) is 11.8 Å². The molecule has 17 heavy (non-hydrogen) atoms. The van der Waals surface area contributed by atoms with Crippen LogP contribution in [0, 0.1) is 6.92 Å². The molecule has 1 aromatic carbocycles. The summed E-state index contributed by atoms with van der Waals surface area (Å²) < 4.78 is 1.67. The lowest BCUT2D eigenvalue weighted by atomic mass is 10.1. The zero-order chi connectivity index (χ0) is 12.3. The Morgan fingerprint density at radius 2 is 2.00 bits per heavy atom. The number of benzene rings is 1. The molecule has 0 saturated heterocycles. The number of nitrogens with zero attached hydrogens (tertiary/aromatic N) is 2. The highest BCUT2D eigenvalue weighted by atomic mass is 32.2. The summed E-state index contributed by atoms with van der Waals surface area (Å²) >= 11 is 1.67. The van der Waals surface area contributed by atoms with Gasteiger partial charge in [0.25, 0.3) is 0 Å². The molecule has 1 heterocycles. The summed E-state index contributed by atoms with van der Waals surface area (Å²) in [6.45, 7) is 2.21. The zero-order valence-corrected chi connectivity index (χ0v) is 10.7. The molecule has 0 aliphatic rings. The average Bonchev–Trinajstić information content (AvgIpc) is 2.75. The van der Waals surface area contributed by atoms with Gasteiger partial charge in [-0.25, -0.2) is 0 Å². The minimum atomic E-state index is 0.0840. The van der Waals surface area contributed by atoms with Crippen LogP contribution in [0.4, 0.5) is 0 Å². The van der Waals surface area contributed by atoms with Crippen LogP contribution in [0.1, 0.15) is 16.1 Å². The molecular formula is C13H14N2OS. The van der Waals surface area contributed by atoms with Gasteiger partial charge in [0, 0.05) is 16.7 Å². The van der Waals surface area contributed by atoms with Crippen molar-refractivity contribution in [1.82, 2.24) is 9.78 Å². The number of ketones is 1. The van der Waals surface area contributed by atoms with Crippen molar-refractivity contribution >= 4 is 17.5 Å². The van der Waals surface area contributed by atoms with Crippen LogP contribution in [-0.2, 0) is 6.54 Å². The quantitative estimate of drug-likeness (QED) is 0.614. The SMILES string of the molecule is CSc1ccc(C(=O)Cn2ccc(C)n2)cc1. The summed E-state index contributed by atoms with van der Waals surface area (Å²) in [5.41, 5.74) is 1.66. The summed E-state index contributed by atoms with van der Waals surface area (Å²) in [5.74, 6) is 0.0840. The highest BCUT2D eigenvalue weighted by molar-refractivity contribution is 7.98. The Kier molecular flexibility index (Phi) is 3.64. The van der Waals surface area contributed by atoms with Crippen LogP contribution < -0.4 is 0 Å². The Hall–Kier alpha value is -1.55. The van der Waals surface area contributed by atoms with Crippen molar-refractivity contribution in [2.75, 3.05) is 6.26 Å². The molecule has 0 spiro atoms. The topological polar surface area (TPSA) is 34.9 Å². The number of thioether (sulfide) groups is 1. The molecule has 0 aliphatic carbocycles. The van der Waals surface area contributed by atoms with Crippen LogP contribution in [-0.4, -0.2) is 21.8 Å². The first-order valence-electron chi connectivity index (χ1n) is 5.36. The lowest BCUT2D eigenvalue weighted by Gasteiger charge is -2.02. The fourth-order valence-electron chi connectivity index (χ4n) is 1.57. The maximum Gasteiger partial charge on any atom is 0.184 e. The molecule has 3 nitrogen and oxygen atoms in total. The number of hydrogen-bond acceptors (Lipinski definition) is 3. The van der Waals surface area contributed by atoms with E-state index >= 15 is 0 Å². The molecule has 0 saturated carbocycles. The smallest absolute Gasteiger partial charge is 0.184 e. The average molecular weight is 246 g/mol. The van der Waals surface area contributed by atoms with Crippen molar-refractivity contribution in [3.05, 3.63) is 47.8 Å². The second-order valence-electron chi connectivity index (χ2n) is 3.81. The maximum atomic E-state index is 12.0. The van der Waals surface area contributed by atoms with Gasteiger partial charge in [-0.05, 0) is 31.4 Å². The third-order valence-electron chi connectivity index (χ3n) is 2.49. The normalized spacial score (nSPS) is 10.5. The predicted octanol–water partition coefficient (Wildman–Crippen LogP) is 2.80. The molecular weight excluding hydrogens is 232 g/mol. The highest BCUT2D eigenvalue weighted by Crippen LogP contribution is 2.15. The number of aromatic nitrogens is 2. The molecule has 0 atom stereocenters. The van der Waals surface area contributed by atoms with Crippen LogP contribution in [0.25, 0.3) is 0 Å². The van der Waals surface area contributed by atoms with Crippen molar-refractivity contribution in [3.8, 4) is 0 Å². The summed E-state index contributed by atoms with van der Waals surface area (Å²) in [6.07, 6.45) is 3.84. The first-order chi connectivity index (χ1) is 8.19. The van der Waals surface area contributed by atoms with Crippen molar-refractivity contribution in [2.24, 2.45) is 0 Å². The van der Waals surface area contributed by atoms with Crippen LogP contribution in [0.15, 0.2) is 41.4 Å². The van der Waals surface area contributed by atoms with Crippen molar-refractivity contribution in [2.45, 2.75) is 18.4 Å². The van der Waals surface area contributed by atoms with E-state index in [-0.39, 0.29) is 5.78 Å². The Balaban J connectivity index is 2.09. The van der Waals surface area contributed by atoms with Gasteiger partial charge in [0.1, 0.15) is 6.54 Å². The Bertz CT molecular complexity index is 516. The van der Waals surface area contributed by atoms with E-state index in [9.17, 15) is 4.79 Å². The van der Waals surface area contributed by atoms with Crippen LogP contribution in [0.5, 0.6) is 0 Å². The number of aryl methyl sites for hydroxylation is 1. The fourth-order valence-corrected chi connectivity index (χ4v) is 1.97. The van der Waals surface area contributed by atoms with Gasteiger partial charge >= 0.3 is 0 Å². The van der Waals surface area contributed by atoms with Crippen molar-refractivity contribution in [1.29, 1.82) is 0 Å². The molecule has 0 N–H and O–H groups in total. The first-order valence-corrected chi connectivity index (χ1v) is 6.59. The molecule has 2 rings (SSSR count). The predicted molar refractivity (Wildman–Crippen MR) is 69.5 cm³/mol. The second kappa shape index (κ2) is 5.19. The van der Waals surface area contributed by atoms with E-state index < -0.39 is 0 Å². The molecule has 88 valence electrons. The van der Waals surface area contributed by atoms with Gasteiger partial charge in [-0.3, -0.25) is 9.48 Å². The summed E-state index contributed by atoms with van der Waals surface area (Å²) in [7, 11) is 0. The number of carbonyl (C=O) groups is 1. The largest absolute Gasteiger partial charge is 0.292 e. The van der Waals surface area contributed by atoms with Crippen LogP contribution in [0.3, 0.4) is 0 Å². The molecule has 0 aliphatic heterocycles. The third kappa shape index (κ3) is 2.97. The third-order valence-corrected chi connectivity index (χ3v) is 3.24. The summed E-state index contributed by atoms with van der Waals surface area (Å²) in [6, 6.07) is 9.55. The minimum absolute atomic E-state index is 0.0840. The molecule has 0 fully saturated rings. The number of rotatable bonds is 4. The molecule has 0 amide bonds. The Labute approximate surface area is 105 Å². The standard InChI is InChI=1S/C13H14N2OS/c1-10-7-8-15(14-10)9-13(16)11-3-5-12(17-2)6-4-11/h3-8H,9H2,1-2H3. The van der Waals surface area contributed by atoms with Gasteiger partial charge in [-0.2, -0.15) is 5.10 Å². The van der Waals surface area contributed by atoms with Gasteiger partial charge in [0.15, 0.2) is 5.78 Å². The van der Waals surface area contributed by atoms with Gasteiger partial charge in [0.2, 0.25) is 0 Å². The Morgan fingerprint density at radius 1 is 1.29 bits per heavy atom. The van der Waals surface area contributed by atoms with Crippen molar-refractivity contribution < 1.29 is 4.79 Å². The Morgan fingerprint density at radius 3 is 2.53 bits per heavy atom. The molecule has 2 aromatic rings. The van der Waals surface area contributed by atoms with Crippen LogP contribution >= 0.6 is 11.8 Å². The van der Waals surface area contributed by atoms with E-state index in [4.69, 9.17) is 0 Å². The lowest BCUT2D eigenvalue weighted by Crippen LogP contribution is -2.10. The van der Waals surface area contributed by atoms with E-state index in [0.717, 1.165) is 16.2 Å². The lowest BCUT2D eigenvalue weighted by molar-refractivity contribution is 0.0967. The number of hydrogen-bond donors (Lipinski definition) is 0.